The molecule has 0 bridgehead atoms. The van der Waals surface area contributed by atoms with Crippen molar-refractivity contribution in [3.05, 3.63) is 59.7 Å². The van der Waals surface area contributed by atoms with Crippen molar-refractivity contribution in [2.75, 3.05) is 0 Å². The maximum absolute atomic E-state index is 11.0. The van der Waals surface area contributed by atoms with Crippen molar-refractivity contribution in [2.24, 2.45) is 0 Å². The summed E-state index contributed by atoms with van der Waals surface area (Å²) in [5.74, 6) is 1.40. The Morgan fingerprint density at radius 1 is 1.10 bits per heavy atom. The van der Waals surface area contributed by atoms with Gasteiger partial charge in [0.05, 0.1) is 0 Å². The minimum absolute atomic E-state index is 0.133. The van der Waals surface area contributed by atoms with Gasteiger partial charge in [-0.2, -0.15) is 0 Å². The number of para-hydroxylation sites is 1. The molecule has 0 spiro atoms. The van der Waals surface area contributed by atoms with Crippen LogP contribution in [0, 0.1) is 0 Å². The molecule has 0 aliphatic carbocycles. The largest absolute Gasteiger partial charge is 0.542 e. The first-order valence-corrected chi connectivity index (χ1v) is 7.34. The van der Waals surface area contributed by atoms with Gasteiger partial charge in [-0.15, -0.1) is 0 Å². The molecule has 4 nitrogen and oxygen atoms in total. The zero-order chi connectivity index (χ0) is 15.1. The lowest BCUT2D eigenvalue weighted by molar-refractivity contribution is -0.116. The fourth-order valence-electron chi connectivity index (χ4n) is 1.92. The Labute approximate surface area is 125 Å². The highest BCUT2D eigenvalue weighted by atomic mass is 31.1. The molecule has 0 aliphatic heterocycles. The van der Waals surface area contributed by atoms with Crippen molar-refractivity contribution in [1.29, 1.82) is 0 Å². The highest BCUT2D eigenvalue weighted by Crippen LogP contribution is 2.23. The molecule has 2 aromatic carbocycles. The number of carbonyl (C=O) groups is 1. The predicted molar refractivity (Wildman–Crippen MR) is 81.2 cm³/mol. The lowest BCUT2D eigenvalue weighted by atomic mass is 10.1. The number of Topliss-reactive ketones (excluding diaryl/α,β-unsaturated/α-hetero) is 1. The molecule has 2 rings (SSSR count). The first-order chi connectivity index (χ1) is 10.2. The summed E-state index contributed by atoms with van der Waals surface area (Å²) in [6, 6.07) is 14.7. The van der Waals surface area contributed by atoms with Crippen LogP contribution < -0.4 is 9.26 Å². The van der Waals surface area contributed by atoms with Gasteiger partial charge in [-0.3, -0.25) is 9.32 Å². The van der Waals surface area contributed by atoms with E-state index in [1.807, 2.05) is 42.5 Å². The van der Waals surface area contributed by atoms with Crippen LogP contribution in [-0.2, 0) is 22.4 Å². The molecule has 0 amide bonds. The minimum atomic E-state index is -0.839. The molecule has 1 unspecified atom stereocenters. The molecule has 21 heavy (non-hydrogen) atoms. The Hall–Kier alpha value is -2.19. The van der Waals surface area contributed by atoms with Crippen molar-refractivity contribution < 1.29 is 18.6 Å². The lowest BCUT2D eigenvalue weighted by Crippen LogP contribution is -1.98. The second-order valence-corrected chi connectivity index (χ2v) is 4.98. The van der Waals surface area contributed by atoms with E-state index in [0.29, 0.717) is 24.5 Å². The van der Waals surface area contributed by atoms with Crippen molar-refractivity contribution in [3.63, 3.8) is 0 Å². The first kappa shape index (κ1) is 15.2. The number of hydrogen-bond donors (Lipinski definition) is 0. The Bertz CT molecular complexity index is 622. The smallest absolute Gasteiger partial charge is 0.489 e. The zero-order valence-electron chi connectivity index (χ0n) is 11.7. The Balaban J connectivity index is 1.99. The van der Waals surface area contributed by atoms with Crippen LogP contribution in [0.25, 0.3) is 0 Å². The van der Waals surface area contributed by atoms with Gasteiger partial charge in [0, 0.05) is 12.0 Å². The fourth-order valence-corrected chi connectivity index (χ4v) is 2.21. The fraction of sp³-hybridized carbons (Fsp3) is 0.188. The van der Waals surface area contributed by atoms with E-state index in [9.17, 15) is 9.36 Å². The van der Waals surface area contributed by atoms with Crippen LogP contribution in [0.15, 0.2) is 48.5 Å². The third kappa shape index (κ3) is 4.69. The summed E-state index contributed by atoms with van der Waals surface area (Å²) in [4.78, 5) is 11.0. The molecular formula is C16H16O4P+. The van der Waals surface area contributed by atoms with Gasteiger partial charge >= 0.3 is 8.69 Å². The average Bonchev–Trinajstić information content (AvgIpc) is 2.48. The molecule has 0 saturated carbocycles. The highest BCUT2D eigenvalue weighted by molar-refractivity contribution is 7.17. The maximum Gasteiger partial charge on any atom is 0.542 e. The zero-order valence-corrected chi connectivity index (χ0v) is 12.7. The molecule has 0 aliphatic rings. The Morgan fingerprint density at radius 2 is 1.81 bits per heavy atom. The molecule has 0 heterocycles. The van der Waals surface area contributed by atoms with Crippen molar-refractivity contribution >= 4 is 14.5 Å². The van der Waals surface area contributed by atoms with Crippen molar-refractivity contribution in [3.8, 4) is 11.5 Å². The topological polar surface area (TPSA) is 52.6 Å². The summed E-state index contributed by atoms with van der Waals surface area (Å²) in [5, 5.41) is 0. The first-order valence-electron chi connectivity index (χ1n) is 6.52. The number of hydrogen-bond acceptors (Lipinski definition) is 4. The lowest BCUT2D eigenvalue weighted by Gasteiger charge is -2.08. The van der Waals surface area contributed by atoms with Crippen molar-refractivity contribution in [2.45, 2.75) is 20.0 Å². The van der Waals surface area contributed by atoms with Gasteiger partial charge < -0.3 is 4.74 Å². The summed E-state index contributed by atoms with van der Waals surface area (Å²) in [6.07, 6.45) is 0.432. The summed E-state index contributed by atoms with van der Waals surface area (Å²) < 4.78 is 21.3. The van der Waals surface area contributed by atoms with Crippen LogP contribution in [0.4, 0.5) is 0 Å². The molecule has 5 heteroatoms. The normalized spacial score (nSPS) is 10.3. The molecule has 2 aromatic rings. The summed E-state index contributed by atoms with van der Waals surface area (Å²) >= 11 is 0. The second kappa shape index (κ2) is 7.55. The van der Waals surface area contributed by atoms with E-state index in [-0.39, 0.29) is 5.78 Å². The van der Waals surface area contributed by atoms with E-state index in [0.717, 1.165) is 11.1 Å². The van der Waals surface area contributed by atoms with Crippen LogP contribution in [0.5, 0.6) is 11.5 Å². The molecule has 0 N–H and O–H groups in total. The summed E-state index contributed by atoms with van der Waals surface area (Å²) in [7, 11) is -0.839. The van der Waals surface area contributed by atoms with E-state index in [2.05, 4.69) is 0 Å². The predicted octanol–water partition coefficient (Wildman–Crippen LogP) is 3.71. The molecule has 108 valence electrons. The minimum Gasteiger partial charge on any atom is -0.489 e. The molecule has 0 radical (unpaired) electrons. The summed E-state index contributed by atoms with van der Waals surface area (Å²) in [6.45, 7) is 1.89. The quantitative estimate of drug-likeness (QED) is 0.732. The molecular weight excluding hydrogens is 287 g/mol. The van der Waals surface area contributed by atoms with Crippen molar-refractivity contribution in [1.82, 2.24) is 0 Å². The molecule has 0 fully saturated rings. The van der Waals surface area contributed by atoms with Gasteiger partial charge in [0.15, 0.2) is 5.75 Å². The van der Waals surface area contributed by atoms with Gasteiger partial charge in [0.25, 0.3) is 0 Å². The van der Waals surface area contributed by atoms with Crippen LogP contribution in [0.1, 0.15) is 18.1 Å². The highest BCUT2D eigenvalue weighted by Gasteiger charge is 2.07. The van der Waals surface area contributed by atoms with Crippen LogP contribution in [-0.4, -0.2) is 5.78 Å². The third-order valence-corrected chi connectivity index (χ3v) is 3.20. The maximum atomic E-state index is 11.0. The van der Waals surface area contributed by atoms with Gasteiger partial charge in [-0.25, -0.2) is 0 Å². The van der Waals surface area contributed by atoms with Gasteiger partial charge in [0.1, 0.15) is 18.1 Å². The SMILES string of the molecule is CC(=O)Cc1ccc(OCc2ccccc2O[PH+]=O)cc1. The number of rotatable bonds is 7. The second-order valence-electron chi connectivity index (χ2n) is 4.60. The Kier molecular flexibility index (Phi) is 5.47. The van der Waals surface area contributed by atoms with E-state index in [1.54, 1.807) is 13.0 Å². The number of benzene rings is 2. The van der Waals surface area contributed by atoms with E-state index in [1.165, 1.54) is 0 Å². The molecule has 1 atom stereocenters. The monoisotopic (exact) mass is 303 g/mol. The van der Waals surface area contributed by atoms with E-state index in [4.69, 9.17) is 9.26 Å². The van der Waals surface area contributed by atoms with E-state index < -0.39 is 8.69 Å². The van der Waals surface area contributed by atoms with Gasteiger partial charge in [0.2, 0.25) is 0 Å². The Morgan fingerprint density at radius 3 is 2.48 bits per heavy atom. The standard InChI is InChI=1S/C16H16O4P/c1-12(17)10-13-6-8-15(9-7-13)19-11-14-4-2-3-5-16(14)20-21-18/h2-9,21H,10-11H2,1H3/q+1. The van der Waals surface area contributed by atoms with Gasteiger partial charge in [-0.05, 0) is 35.3 Å². The molecule has 0 saturated heterocycles. The van der Waals surface area contributed by atoms with Crippen LogP contribution >= 0.6 is 8.69 Å². The third-order valence-electron chi connectivity index (χ3n) is 2.89. The molecule has 0 aromatic heterocycles. The number of ether oxygens (including phenoxy) is 1. The summed E-state index contributed by atoms with van der Waals surface area (Å²) in [5.41, 5.74) is 1.79. The van der Waals surface area contributed by atoms with Gasteiger partial charge in [-0.1, -0.05) is 30.3 Å². The number of ketones is 1. The average molecular weight is 303 g/mol. The number of carbonyl (C=O) groups excluding carboxylic acids is 1. The van der Waals surface area contributed by atoms with E-state index >= 15 is 0 Å². The van der Waals surface area contributed by atoms with Crippen LogP contribution in [0.3, 0.4) is 0 Å². The van der Waals surface area contributed by atoms with Crippen LogP contribution in [0.2, 0.25) is 0 Å².